The maximum atomic E-state index is 13.5. The van der Waals surface area contributed by atoms with Gasteiger partial charge < -0.3 is 52.8 Å². The molecule has 0 bridgehead atoms. The van der Waals surface area contributed by atoms with Gasteiger partial charge in [-0.05, 0) is 56.2 Å². The summed E-state index contributed by atoms with van der Waals surface area (Å²) in [6.07, 6.45) is 2.05. The number of rotatable bonds is 21. The van der Waals surface area contributed by atoms with Crippen molar-refractivity contribution >= 4 is 46.3 Å². The molecule has 0 spiro atoms. The van der Waals surface area contributed by atoms with Gasteiger partial charge in [-0.2, -0.15) is 0 Å². The molecule has 0 aliphatic heterocycles. The summed E-state index contributed by atoms with van der Waals surface area (Å²) in [6.45, 7) is 7.87. The van der Waals surface area contributed by atoms with Gasteiger partial charge >= 0.3 is 0 Å². The third-order valence-corrected chi connectivity index (χ3v) is 8.30. The largest absolute Gasteiger partial charge is 0.394 e. The first-order valence-corrected chi connectivity index (χ1v) is 17.4. The summed E-state index contributed by atoms with van der Waals surface area (Å²) in [5.74, 6) is -4.54. The standard InChI is InChI=1S/C35H56N8O8/c1-19(2)15-28(46)39-25(13-9-10-14-36)32(48)41-27(18-44)33(49)42-29(20(3)4)34(50)43-30(21(5)45)35(51)40-26(31(47)37-6)16-22-17-38-24-12-8-7-11-23(22)24/h7-8,11-12,17,19-21,25-27,29-30,38,44-45H,9-10,13-16,18,36H2,1-6H3,(H,37,47)(H,39,46)(H,40,51)(H,41,48)(H,42,49)(H,43,50)/t21-,25+,26+,27+,29?,30+/m1/s1. The predicted octanol–water partition coefficient (Wildman–Crippen LogP) is -0.915. The van der Waals surface area contributed by atoms with Crippen LogP contribution in [0.25, 0.3) is 10.9 Å². The van der Waals surface area contributed by atoms with E-state index >= 15 is 0 Å². The highest BCUT2D eigenvalue weighted by Crippen LogP contribution is 2.19. The van der Waals surface area contributed by atoms with E-state index in [0.717, 1.165) is 16.5 Å². The van der Waals surface area contributed by atoms with Crippen molar-refractivity contribution in [2.45, 2.75) is 103 Å². The van der Waals surface area contributed by atoms with Crippen molar-refractivity contribution < 1.29 is 39.0 Å². The smallest absolute Gasteiger partial charge is 0.245 e. The van der Waals surface area contributed by atoms with Crippen molar-refractivity contribution in [3.63, 3.8) is 0 Å². The number of para-hydroxylation sites is 1. The predicted molar refractivity (Wildman–Crippen MR) is 192 cm³/mol. The van der Waals surface area contributed by atoms with E-state index < -0.39 is 78.4 Å². The Morgan fingerprint density at radius 3 is 1.96 bits per heavy atom. The Bertz CT molecular complexity index is 1480. The molecule has 6 atom stereocenters. The van der Waals surface area contributed by atoms with Crippen molar-refractivity contribution in [3.8, 4) is 0 Å². The molecule has 0 fully saturated rings. The lowest BCUT2D eigenvalue weighted by Crippen LogP contribution is -2.62. The Labute approximate surface area is 298 Å². The SMILES string of the molecule is CNC(=O)[C@H](Cc1c[nH]c2ccccc12)NC(=O)[C@@H](NC(=O)C(NC(=O)[C@H](CO)NC(=O)[C@H](CCCCN)NC(=O)CC(C)C)C(C)C)[C@@H](C)O. The maximum absolute atomic E-state index is 13.5. The topological polar surface area (TPSA) is 257 Å². The summed E-state index contributed by atoms with van der Waals surface area (Å²) < 4.78 is 0. The molecule has 1 aromatic carbocycles. The van der Waals surface area contributed by atoms with Crippen LogP contribution in [0.1, 0.15) is 65.9 Å². The highest BCUT2D eigenvalue weighted by atomic mass is 16.3. The van der Waals surface area contributed by atoms with Crippen LogP contribution in [0.15, 0.2) is 30.5 Å². The Balaban J connectivity index is 2.16. The van der Waals surface area contributed by atoms with Crippen LogP contribution < -0.4 is 37.6 Å². The molecule has 0 aliphatic rings. The summed E-state index contributed by atoms with van der Waals surface area (Å²) in [6, 6.07) is 1.19. The number of aliphatic hydroxyl groups excluding tert-OH is 2. The lowest BCUT2D eigenvalue weighted by atomic mass is 10.0. The third kappa shape index (κ3) is 13.3. The highest BCUT2D eigenvalue weighted by Gasteiger charge is 2.35. The van der Waals surface area contributed by atoms with Gasteiger partial charge in [0, 0.05) is 37.0 Å². The molecule has 6 amide bonds. The summed E-state index contributed by atoms with van der Waals surface area (Å²) >= 11 is 0. The summed E-state index contributed by atoms with van der Waals surface area (Å²) in [7, 11) is 1.42. The first-order valence-electron chi connectivity index (χ1n) is 17.4. The molecule has 51 heavy (non-hydrogen) atoms. The molecule has 2 rings (SSSR count). The minimum atomic E-state index is -1.51. The van der Waals surface area contributed by atoms with Gasteiger partial charge in [-0.3, -0.25) is 28.8 Å². The molecule has 1 heterocycles. The molecule has 16 nitrogen and oxygen atoms in total. The van der Waals surface area contributed by atoms with Crippen LogP contribution >= 0.6 is 0 Å². The molecule has 0 saturated carbocycles. The van der Waals surface area contributed by atoms with Crippen LogP contribution in [0.2, 0.25) is 0 Å². The fourth-order valence-corrected chi connectivity index (χ4v) is 5.45. The molecule has 16 heteroatoms. The van der Waals surface area contributed by atoms with Crippen molar-refractivity contribution in [1.82, 2.24) is 36.9 Å². The Kier molecular flexibility index (Phi) is 17.5. The lowest BCUT2D eigenvalue weighted by molar-refractivity contribution is -0.137. The van der Waals surface area contributed by atoms with E-state index in [-0.39, 0.29) is 31.1 Å². The number of carbonyl (C=O) groups is 6. The van der Waals surface area contributed by atoms with E-state index in [1.165, 1.54) is 14.0 Å². The number of aromatic amines is 1. The van der Waals surface area contributed by atoms with Crippen molar-refractivity contribution in [2.75, 3.05) is 20.2 Å². The second kappa shape index (κ2) is 21.0. The zero-order chi connectivity index (χ0) is 38.2. The minimum Gasteiger partial charge on any atom is -0.394 e. The summed E-state index contributed by atoms with van der Waals surface area (Å²) in [5, 5.41) is 36.7. The fourth-order valence-electron chi connectivity index (χ4n) is 5.45. The van der Waals surface area contributed by atoms with E-state index in [0.29, 0.717) is 19.4 Å². The van der Waals surface area contributed by atoms with Gasteiger partial charge in [-0.25, -0.2) is 0 Å². The number of H-pyrrole nitrogens is 1. The van der Waals surface area contributed by atoms with Gasteiger partial charge in [0.2, 0.25) is 35.4 Å². The van der Waals surface area contributed by atoms with E-state index in [2.05, 4.69) is 36.9 Å². The Morgan fingerprint density at radius 2 is 1.37 bits per heavy atom. The number of aromatic nitrogens is 1. The van der Waals surface area contributed by atoms with Crippen molar-refractivity contribution in [2.24, 2.45) is 17.6 Å². The van der Waals surface area contributed by atoms with Gasteiger partial charge in [0.05, 0.1) is 12.7 Å². The van der Waals surface area contributed by atoms with E-state index in [1.54, 1.807) is 20.0 Å². The monoisotopic (exact) mass is 716 g/mol. The van der Waals surface area contributed by atoms with Crippen molar-refractivity contribution in [3.05, 3.63) is 36.0 Å². The second-order valence-corrected chi connectivity index (χ2v) is 13.4. The lowest BCUT2D eigenvalue weighted by Gasteiger charge is -2.29. The van der Waals surface area contributed by atoms with Crippen LogP contribution in [0.4, 0.5) is 0 Å². The Morgan fingerprint density at radius 1 is 0.765 bits per heavy atom. The van der Waals surface area contributed by atoms with Gasteiger partial charge in [0.1, 0.15) is 30.2 Å². The quantitative estimate of drug-likeness (QED) is 0.0716. The molecule has 2 aromatic rings. The minimum absolute atomic E-state index is 0.0508. The molecular weight excluding hydrogens is 660 g/mol. The number of likely N-dealkylation sites (N-methyl/N-ethyl adjacent to an activating group) is 1. The number of benzene rings is 1. The summed E-state index contributed by atoms with van der Waals surface area (Å²) in [4.78, 5) is 81.8. The number of aliphatic hydroxyl groups is 2. The van der Waals surface area contributed by atoms with Crippen LogP contribution in [-0.4, -0.2) is 107 Å². The molecule has 1 aromatic heterocycles. The van der Waals surface area contributed by atoms with Gasteiger partial charge in [0.15, 0.2) is 0 Å². The summed E-state index contributed by atoms with van der Waals surface area (Å²) in [5.41, 5.74) is 7.20. The maximum Gasteiger partial charge on any atom is 0.245 e. The first-order chi connectivity index (χ1) is 24.1. The molecule has 1 unspecified atom stereocenters. The molecular formula is C35H56N8O8. The first kappa shape index (κ1) is 42.6. The highest BCUT2D eigenvalue weighted by molar-refractivity contribution is 5.97. The zero-order valence-electron chi connectivity index (χ0n) is 30.4. The fraction of sp³-hybridized carbons (Fsp3) is 0.600. The number of amides is 6. The molecule has 0 radical (unpaired) electrons. The van der Waals surface area contributed by atoms with Crippen LogP contribution in [-0.2, 0) is 35.2 Å². The number of nitrogens with two attached hydrogens (primary N) is 1. The molecule has 11 N–H and O–H groups in total. The normalized spacial score (nSPS) is 14.9. The van der Waals surface area contributed by atoms with Gasteiger partial charge in [-0.15, -0.1) is 0 Å². The number of unbranched alkanes of at least 4 members (excludes halogenated alkanes) is 1. The van der Waals surface area contributed by atoms with Crippen molar-refractivity contribution in [1.29, 1.82) is 0 Å². The van der Waals surface area contributed by atoms with Gasteiger partial charge in [-0.1, -0.05) is 45.9 Å². The average Bonchev–Trinajstić information content (AvgIpc) is 3.48. The van der Waals surface area contributed by atoms with Crippen LogP contribution in [0.3, 0.4) is 0 Å². The molecule has 0 saturated heterocycles. The average molecular weight is 717 g/mol. The van der Waals surface area contributed by atoms with E-state index in [1.807, 2.05) is 38.1 Å². The molecule has 284 valence electrons. The Hall–Kier alpha value is -4.54. The van der Waals surface area contributed by atoms with Gasteiger partial charge in [0.25, 0.3) is 0 Å². The van der Waals surface area contributed by atoms with Crippen LogP contribution in [0.5, 0.6) is 0 Å². The van der Waals surface area contributed by atoms with Crippen LogP contribution in [0, 0.1) is 11.8 Å². The van der Waals surface area contributed by atoms with E-state index in [9.17, 15) is 39.0 Å². The number of hydrogen-bond donors (Lipinski definition) is 10. The molecule has 0 aliphatic carbocycles. The number of fused-ring (bicyclic) bond motifs is 1. The third-order valence-electron chi connectivity index (χ3n) is 8.30. The van der Waals surface area contributed by atoms with E-state index in [4.69, 9.17) is 5.73 Å². The number of hydrogen-bond acceptors (Lipinski definition) is 9. The second-order valence-electron chi connectivity index (χ2n) is 13.4. The number of nitrogens with one attached hydrogen (secondary N) is 7. The zero-order valence-corrected chi connectivity index (χ0v) is 30.4. The number of carbonyl (C=O) groups excluding carboxylic acids is 6.